The van der Waals surface area contributed by atoms with Crippen LogP contribution in [0, 0.1) is 0 Å². The molecule has 3 heteroatoms. The van der Waals surface area contributed by atoms with Gasteiger partial charge in [-0.05, 0) is 24.3 Å². The van der Waals surface area contributed by atoms with Gasteiger partial charge in [0.25, 0.3) is 0 Å². The van der Waals surface area contributed by atoms with Gasteiger partial charge in [0, 0.05) is 6.20 Å². The van der Waals surface area contributed by atoms with Gasteiger partial charge in [0.05, 0.1) is 16.7 Å². The van der Waals surface area contributed by atoms with Crippen LogP contribution < -0.4 is 0 Å². The Morgan fingerprint density at radius 1 is 1.07 bits per heavy atom. The van der Waals surface area contributed by atoms with Crippen molar-refractivity contribution in [2.75, 3.05) is 0 Å². The molecule has 0 amide bonds. The summed E-state index contributed by atoms with van der Waals surface area (Å²) in [5.41, 5.74) is 3.52. The van der Waals surface area contributed by atoms with Crippen LogP contribution in [0.2, 0.25) is 0 Å². The Hall–Kier alpha value is -2.03. The molecule has 3 nitrogen and oxygen atoms in total. The fourth-order valence-electron chi connectivity index (χ4n) is 2.31. The highest BCUT2D eigenvalue weighted by Gasteiger charge is 2.20. The van der Waals surface area contributed by atoms with Gasteiger partial charge in [-0.15, -0.1) is 0 Å². The summed E-state index contributed by atoms with van der Waals surface area (Å²) in [4.78, 5) is 4.65. The maximum Gasteiger partial charge on any atom is 0.159 e. The Kier molecular flexibility index (Phi) is 1.12. The van der Waals surface area contributed by atoms with Gasteiger partial charge < -0.3 is 9.13 Å². The molecular formula is C12H9N3. The summed E-state index contributed by atoms with van der Waals surface area (Å²) in [6.45, 7) is 0.887. The molecule has 3 aromatic rings. The van der Waals surface area contributed by atoms with E-state index in [0.29, 0.717) is 0 Å². The van der Waals surface area contributed by atoms with Crippen LogP contribution in [-0.4, -0.2) is 14.1 Å². The summed E-state index contributed by atoms with van der Waals surface area (Å²) in [6, 6.07) is 12.5. The van der Waals surface area contributed by atoms with Crippen LogP contribution >= 0.6 is 0 Å². The van der Waals surface area contributed by atoms with E-state index >= 15 is 0 Å². The average Bonchev–Trinajstić information content (AvgIpc) is 2.87. The van der Waals surface area contributed by atoms with Crippen LogP contribution in [0.4, 0.5) is 0 Å². The minimum Gasteiger partial charge on any atom is -0.326 e. The Balaban J connectivity index is 2.15. The number of fused-ring (bicyclic) bond motifs is 5. The number of hydrogen-bond acceptors (Lipinski definition) is 1. The largest absolute Gasteiger partial charge is 0.326 e. The first-order valence-corrected chi connectivity index (χ1v) is 5.04. The number of rotatable bonds is 0. The summed E-state index contributed by atoms with van der Waals surface area (Å²) < 4.78 is 4.47. The highest BCUT2D eigenvalue weighted by Crippen LogP contribution is 2.30. The maximum absolute atomic E-state index is 4.65. The van der Waals surface area contributed by atoms with E-state index in [2.05, 4.69) is 50.6 Å². The van der Waals surface area contributed by atoms with Gasteiger partial charge in [-0.3, -0.25) is 0 Å². The number of hydrogen-bond donors (Lipinski definition) is 0. The first-order valence-electron chi connectivity index (χ1n) is 5.04. The zero-order valence-electron chi connectivity index (χ0n) is 8.09. The number of imidazole rings is 1. The zero-order chi connectivity index (χ0) is 9.83. The molecule has 0 N–H and O–H groups in total. The summed E-state index contributed by atoms with van der Waals surface area (Å²) in [5.74, 6) is 1.08. The molecule has 0 fully saturated rings. The highest BCUT2D eigenvalue weighted by atomic mass is 15.3. The molecule has 0 saturated carbocycles. The molecule has 1 aliphatic rings. The second-order valence-corrected chi connectivity index (χ2v) is 3.86. The Morgan fingerprint density at radius 2 is 2.00 bits per heavy atom. The average molecular weight is 195 g/mol. The van der Waals surface area contributed by atoms with Crippen molar-refractivity contribution in [1.29, 1.82) is 0 Å². The molecule has 0 unspecified atom stereocenters. The van der Waals surface area contributed by atoms with E-state index in [1.807, 2.05) is 6.07 Å². The Morgan fingerprint density at radius 3 is 3.00 bits per heavy atom. The van der Waals surface area contributed by atoms with E-state index in [9.17, 15) is 0 Å². The topological polar surface area (TPSA) is 22.8 Å². The van der Waals surface area contributed by atoms with Crippen molar-refractivity contribution < 1.29 is 0 Å². The van der Waals surface area contributed by atoms with Gasteiger partial charge in [-0.2, -0.15) is 0 Å². The van der Waals surface area contributed by atoms with Gasteiger partial charge >= 0.3 is 0 Å². The van der Waals surface area contributed by atoms with Crippen LogP contribution in [0.1, 0.15) is 0 Å². The third kappa shape index (κ3) is 0.783. The zero-order valence-corrected chi connectivity index (χ0v) is 8.09. The first kappa shape index (κ1) is 7.29. The lowest BCUT2D eigenvalue weighted by Crippen LogP contribution is -1.97. The summed E-state index contributed by atoms with van der Waals surface area (Å²) in [5, 5.41) is 0. The monoisotopic (exact) mass is 195 g/mol. The standard InChI is InChI=1S/C12H9N3/c1-2-5-10-9(4-1)13-12-11-6-3-7-14(11)8-15(10)12/h1-7H,8H2. The van der Waals surface area contributed by atoms with Gasteiger partial charge in [0.1, 0.15) is 6.67 Å². The number of nitrogens with zero attached hydrogens (tertiary/aromatic N) is 3. The second kappa shape index (κ2) is 2.31. The van der Waals surface area contributed by atoms with Crippen LogP contribution in [-0.2, 0) is 6.67 Å². The summed E-state index contributed by atoms with van der Waals surface area (Å²) >= 11 is 0. The Labute approximate surface area is 86.6 Å². The number of para-hydroxylation sites is 2. The molecule has 3 heterocycles. The molecule has 2 aromatic heterocycles. The molecular weight excluding hydrogens is 186 g/mol. The number of benzene rings is 1. The molecule has 0 saturated heterocycles. The van der Waals surface area contributed by atoms with E-state index in [1.165, 1.54) is 11.2 Å². The van der Waals surface area contributed by atoms with Crippen LogP contribution in [0.25, 0.3) is 22.6 Å². The van der Waals surface area contributed by atoms with Crippen LogP contribution in [0.5, 0.6) is 0 Å². The van der Waals surface area contributed by atoms with Crippen molar-refractivity contribution in [3.05, 3.63) is 42.6 Å². The third-order valence-electron chi connectivity index (χ3n) is 3.01. The van der Waals surface area contributed by atoms with Crippen LogP contribution in [0.3, 0.4) is 0 Å². The highest BCUT2D eigenvalue weighted by molar-refractivity contribution is 5.81. The minimum absolute atomic E-state index is 0.887. The van der Waals surface area contributed by atoms with E-state index in [1.54, 1.807) is 0 Å². The Bertz CT molecular complexity index is 660. The van der Waals surface area contributed by atoms with Crippen molar-refractivity contribution in [2.24, 2.45) is 0 Å². The lowest BCUT2D eigenvalue weighted by Gasteiger charge is -1.99. The molecule has 4 rings (SSSR count). The maximum atomic E-state index is 4.65. The molecule has 0 bridgehead atoms. The molecule has 0 atom stereocenters. The summed E-state index contributed by atoms with van der Waals surface area (Å²) in [6.07, 6.45) is 2.10. The number of aromatic nitrogens is 3. The van der Waals surface area contributed by atoms with Gasteiger partial charge in [0.2, 0.25) is 0 Å². The van der Waals surface area contributed by atoms with E-state index < -0.39 is 0 Å². The molecule has 0 radical (unpaired) electrons. The SMILES string of the molecule is c1ccc2c(c1)nc1n2Cn2cccc2-1. The molecule has 0 aliphatic carbocycles. The van der Waals surface area contributed by atoms with Crippen molar-refractivity contribution in [3.8, 4) is 11.5 Å². The molecule has 1 aromatic carbocycles. The summed E-state index contributed by atoms with van der Waals surface area (Å²) in [7, 11) is 0. The van der Waals surface area contributed by atoms with E-state index in [-0.39, 0.29) is 0 Å². The first-order chi connectivity index (χ1) is 7.43. The smallest absolute Gasteiger partial charge is 0.159 e. The lowest BCUT2D eigenvalue weighted by molar-refractivity contribution is 0.686. The predicted molar refractivity (Wildman–Crippen MR) is 58.6 cm³/mol. The lowest BCUT2D eigenvalue weighted by atomic mass is 10.3. The minimum atomic E-state index is 0.887. The van der Waals surface area contributed by atoms with E-state index in [0.717, 1.165) is 18.0 Å². The third-order valence-corrected chi connectivity index (χ3v) is 3.01. The predicted octanol–water partition coefficient (Wildman–Crippen LogP) is 2.32. The van der Waals surface area contributed by atoms with Crippen molar-refractivity contribution >= 4 is 11.0 Å². The van der Waals surface area contributed by atoms with Gasteiger partial charge in [0.15, 0.2) is 5.82 Å². The van der Waals surface area contributed by atoms with Crippen molar-refractivity contribution in [3.63, 3.8) is 0 Å². The van der Waals surface area contributed by atoms with Gasteiger partial charge in [-0.25, -0.2) is 4.98 Å². The van der Waals surface area contributed by atoms with Gasteiger partial charge in [-0.1, -0.05) is 12.1 Å². The molecule has 15 heavy (non-hydrogen) atoms. The van der Waals surface area contributed by atoms with Crippen LogP contribution in [0.15, 0.2) is 42.6 Å². The van der Waals surface area contributed by atoms with E-state index in [4.69, 9.17) is 0 Å². The fourth-order valence-corrected chi connectivity index (χ4v) is 2.31. The molecule has 1 aliphatic heterocycles. The fraction of sp³-hybridized carbons (Fsp3) is 0.0833. The molecule has 72 valence electrons. The normalized spacial score (nSPS) is 13.1. The van der Waals surface area contributed by atoms with Crippen molar-refractivity contribution in [2.45, 2.75) is 6.67 Å². The molecule has 0 spiro atoms. The quantitative estimate of drug-likeness (QED) is 0.422. The second-order valence-electron chi connectivity index (χ2n) is 3.86. The van der Waals surface area contributed by atoms with Crippen molar-refractivity contribution in [1.82, 2.24) is 14.1 Å².